The molecule has 4 heteroatoms. The maximum absolute atomic E-state index is 10.3. The Hall–Kier alpha value is -7.45. The second kappa shape index (κ2) is 11.9. The molecule has 0 N–H and O–H groups in total. The van der Waals surface area contributed by atoms with Gasteiger partial charge in [-0.3, -0.25) is 0 Å². The first-order valence-electron chi connectivity index (χ1n) is 16.7. The van der Waals surface area contributed by atoms with Crippen LogP contribution in [0.1, 0.15) is 16.7 Å². The zero-order chi connectivity index (χ0) is 34.5. The number of nitrogens with zero attached hydrogens (tertiary/aromatic N) is 4. The molecule has 0 spiro atoms. The van der Waals surface area contributed by atoms with E-state index in [1.165, 1.54) is 5.56 Å². The van der Waals surface area contributed by atoms with Gasteiger partial charge in [0.05, 0.1) is 45.9 Å². The quantitative estimate of drug-likeness (QED) is 0.179. The van der Waals surface area contributed by atoms with Crippen molar-refractivity contribution in [3.05, 3.63) is 174 Å². The summed E-state index contributed by atoms with van der Waals surface area (Å²) in [4.78, 5) is 0. The fourth-order valence-electron chi connectivity index (χ4n) is 7.62. The van der Waals surface area contributed by atoms with Crippen molar-refractivity contribution in [3.8, 4) is 57.3 Å². The molecule has 1 aromatic heterocycles. The Morgan fingerprint density at radius 1 is 0.333 bits per heavy atom. The zero-order valence-corrected chi connectivity index (χ0v) is 27.3. The lowest BCUT2D eigenvalue weighted by Crippen LogP contribution is -1.95. The van der Waals surface area contributed by atoms with Crippen LogP contribution in [0.25, 0.3) is 82.4 Å². The molecule has 1 heterocycles. The summed E-state index contributed by atoms with van der Waals surface area (Å²) in [5.74, 6) is 0. The normalized spacial score (nSPS) is 11.1. The van der Waals surface area contributed by atoms with Gasteiger partial charge >= 0.3 is 0 Å². The molecule has 0 saturated heterocycles. The van der Waals surface area contributed by atoms with E-state index >= 15 is 0 Å². The third-order valence-electron chi connectivity index (χ3n) is 9.81. The Kier molecular flexibility index (Phi) is 6.93. The lowest BCUT2D eigenvalue weighted by molar-refractivity contribution is 1.18. The second-order valence-electron chi connectivity index (χ2n) is 12.7. The predicted molar refractivity (Wildman–Crippen MR) is 206 cm³/mol. The second-order valence-corrected chi connectivity index (χ2v) is 12.7. The fourth-order valence-corrected chi connectivity index (χ4v) is 7.62. The van der Waals surface area contributed by atoms with Crippen molar-refractivity contribution >= 4 is 43.4 Å². The van der Waals surface area contributed by atoms with E-state index in [0.717, 1.165) is 76.9 Å². The molecule has 0 fully saturated rings. The van der Waals surface area contributed by atoms with Gasteiger partial charge in [0, 0.05) is 16.5 Å². The van der Waals surface area contributed by atoms with Gasteiger partial charge in [0.15, 0.2) is 0 Å². The Morgan fingerprint density at radius 2 is 0.824 bits per heavy atom. The Morgan fingerprint density at radius 3 is 1.37 bits per heavy atom. The van der Waals surface area contributed by atoms with Gasteiger partial charge in [-0.1, -0.05) is 91.0 Å². The largest absolute Gasteiger partial charge is 0.309 e. The zero-order valence-electron chi connectivity index (χ0n) is 27.3. The summed E-state index contributed by atoms with van der Waals surface area (Å²) in [6, 6.07) is 60.4. The van der Waals surface area contributed by atoms with Crippen LogP contribution in [0.2, 0.25) is 0 Å². The molecule has 0 atom stereocenters. The van der Waals surface area contributed by atoms with E-state index in [4.69, 9.17) is 0 Å². The number of hydrogen-bond donors (Lipinski definition) is 0. The van der Waals surface area contributed by atoms with Crippen molar-refractivity contribution < 1.29 is 0 Å². The highest BCUT2D eigenvalue weighted by Crippen LogP contribution is 2.44. The first-order chi connectivity index (χ1) is 25.1. The van der Waals surface area contributed by atoms with Crippen LogP contribution < -0.4 is 0 Å². The topological polar surface area (TPSA) is 76.3 Å². The summed E-state index contributed by atoms with van der Waals surface area (Å²) in [6.07, 6.45) is 0. The molecule has 8 aromatic carbocycles. The first-order valence-corrected chi connectivity index (χ1v) is 16.7. The molecule has 51 heavy (non-hydrogen) atoms. The average molecular weight is 647 g/mol. The van der Waals surface area contributed by atoms with Crippen LogP contribution in [-0.2, 0) is 0 Å². The number of fused-ring (bicyclic) bond motifs is 5. The maximum Gasteiger partial charge on any atom is 0.0992 e. The van der Waals surface area contributed by atoms with E-state index in [1.807, 2.05) is 60.7 Å². The molecule has 0 saturated carbocycles. The van der Waals surface area contributed by atoms with Crippen LogP contribution >= 0.6 is 0 Å². The van der Waals surface area contributed by atoms with Gasteiger partial charge in [0.25, 0.3) is 0 Å². The highest BCUT2D eigenvalue weighted by molar-refractivity contribution is 6.21. The molecule has 0 amide bonds. The summed E-state index contributed by atoms with van der Waals surface area (Å²) in [7, 11) is 0. The van der Waals surface area contributed by atoms with Crippen molar-refractivity contribution in [2.45, 2.75) is 0 Å². The molecular weight excluding hydrogens is 621 g/mol. The van der Waals surface area contributed by atoms with Gasteiger partial charge in [-0.2, -0.15) is 15.8 Å². The molecule has 9 rings (SSSR count). The van der Waals surface area contributed by atoms with E-state index in [9.17, 15) is 15.8 Å². The van der Waals surface area contributed by atoms with Crippen LogP contribution in [0.15, 0.2) is 158 Å². The maximum atomic E-state index is 10.3. The van der Waals surface area contributed by atoms with Crippen LogP contribution in [-0.4, -0.2) is 4.57 Å². The number of nitriles is 3. The minimum Gasteiger partial charge on any atom is -0.309 e. The van der Waals surface area contributed by atoms with Crippen molar-refractivity contribution in [1.29, 1.82) is 15.8 Å². The lowest BCUT2D eigenvalue weighted by atomic mass is 9.85. The summed E-state index contributed by atoms with van der Waals surface area (Å²) in [5.41, 5.74) is 10.9. The highest BCUT2D eigenvalue weighted by atomic mass is 15.0. The van der Waals surface area contributed by atoms with E-state index < -0.39 is 0 Å². The van der Waals surface area contributed by atoms with Crippen molar-refractivity contribution in [2.75, 3.05) is 0 Å². The van der Waals surface area contributed by atoms with Crippen LogP contribution in [0.4, 0.5) is 0 Å². The molecule has 0 aliphatic carbocycles. The van der Waals surface area contributed by atoms with Gasteiger partial charge in [0.2, 0.25) is 0 Å². The van der Waals surface area contributed by atoms with E-state index in [0.29, 0.717) is 16.7 Å². The van der Waals surface area contributed by atoms with Gasteiger partial charge < -0.3 is 4.57 Å². The van der Waals surface area contributed by atoms with Crippen molar-refractivity contribution in [3.63, 3.8) is 0 Å². The fraction of sp³-hybridized carbons (Fsp3) is 0. The number of rotatable bonds is 4. The summed E-state index contributed by atoms with van der Waals surface area (Å²) < 4.78 is 2.18. The van der Waals surface area contributed by atoms with Gasteiger partial charge in [-0.15, -0.1) is 0 Å². The first kappa shape index (κ1) is 29.7. The molecule has 0 unspecified atom stereocenters. The summed E-state index contributed by atoms with van der Waals surface area (Å²) in [5, 5.41) is 36.0. The SMILES string of the molecule is N#Cc1cc(-c2cccc(-n3c4ccc(C#N)cc4c4cc(C#N)ccc43)c2)cc(-c2c3ccccc3c(-c3ccccc3)c3ccccc23)c1. The van der Waals surface area contributed by atoms with Crippen LogP contribution in [0, 0.1) is 34.0 Å². The van der Waals surface area contributed by atoms with Gasteiger partial charge in [0.1, 0.15) is 0 Å². The third kappa shape index (κ3) is 4.81. The number of benzene rings is 8. The standard InChI is InChI=1S/C47H26N4/c48-27-30-17-19-44-42(23-30)43-24-31(28-49)18-20-45(43)51(44)37-12-8-11-34(26-37)35-21-32(29-50)22-36(25-35)47-40-15-6-4-13-38(40)46(33-9-2-1-3-10-33)39-14-5-7-16-41(39)47/h1-26H. The monoisotopic (exact) mass is 646 g/mol. The van der Waals surface area contributed by atoms with Gasteiger partial charge in [-0.25, -0.2) is 0 Å². The molecule has 0 aliphatic heterocycles. The molecule has 4 nitrogen and oxygen atoms in total. The molecule has 234 valence electrons. The summed E-state index contributed by atoms with van der Waals surface area (Å²) >= 11 is 0. The molecular formula is C47H26N4. The number of hydrogen-bond acceptors (Lipinski definition) is 3. The minimum absolute atomic E-state index is 0.565. The highest BCUT2D eigenvalue weighted by Gasteiger charge is 2.19. The Bertz CT molecular complexity index is 2870. The third-order valence-corrected chi connectivity index (χ3v) is 9.81. The van der Waals surface area contributed by atoms with E-state index in [1.54, 1.807) is 0 Å². The minimum atomic E-state index is 0.565. The van der Waals surface area contributed by atoms with Crippen molar-refractivity contribution in [2.24, 2.45) is 0 Å². The average Bonchev–Trinajstić information content (AvgIpc) is 3.52. The molecule has 0 aliphatic rings. The van der Waals surface area contributed by atoms with Crippen molar-refractivity contribution in [1.82, 2.24) is 4.57 Å². The van der Waals surface area contributed by atoms with Crippen LogP contribution in [0.3, 0.4) is 0 Å². The molecule has 0 radical (unpaired) electrons. The molecule has 9 aromatic rings. The molecule has 0 bridgehead atoms. The van der Waals surface area contributed by atoms with E-state index in [-0.39, 0.29) is 0 Å². The Labute approximate surface area is 294 Å². The Balaban J connectivity index is 1.27. The lowest BCUT2D eigenvalue weighted by Gasteiger charge is -2.18. The van der Waals surface area contributed by atoms with Crippen LogP contribution in [0.5, 0.6) is 0 Å². The smallest absolute Gasteiger partial charge is 0.0992 e. The summed E-state index contributed by atoms with van der Waals surface area (Å²) in [6.45, 7) is 0. The number of aromatic nitrogens is 1. The predicted octanol–water partition coefficient (Wildman–Crippen LogP) is 11.7. The van der Waals surface area contributed by atoms with Gasteiger partial charge in [-0.05, 0) is 122 Å². The van der Waals surface area contributed by atoms with E-state index in [2.05, 4.69) is 120 Å².